The van der Waals surface area contributed by atoms with Gasteiger partial charge in [0.25, 0.3) is 0 Å². The molecule has 0 amide bonds. The molecular formula is C3H10LiN3Si. The Kier molecular flexibility index (Phi) is 5.56. The number of hydrogen-bond donors (Lipinski definition) is 0. The van der Waals surface area contributed by atoms with Crippen molar-refractivity contribution in [1.29, 1.82) is 0 Å². The van der Waals surface area contributed by atoms with Crippen LogP contribution in [-0.4, -0.2) is 8.24 Å². The van der Waals surface area contributed by atoms with Crippen molar-refractivity contribution in [2.75, 3.05) is 0 Å². The molecule has 0 aromatic carbocycles. The number of nitrogens with zero attached hydrogens (tertiary/aromatic N) is 3. The van der Waals surface area contributed by atoms with Crippen molar-refractivity contribution in [2.24, 2.45) is 4.78 Å². The van der Waals surface area contributed by atoms with Gasteiger partial charge in [0.05, 0.1) is 0 Å². The summed E-state index contributed by atoms with van der Waals surface area (Å²) < 4.78 is 3.58. The van der Waals surface area contributed by atoms with Gasteiger partial charge in [-0.2, -0.15) is 0 Å². The smallest absolute Gasteiger partial charge is 1.00 e. The van der Waals surface area contributed by atoms with Gasteiger partial charge in [-0.1, -0.05) is 19.6 Å². The van der Waals surface area contributed by atoms with Gasteiger partial charge < -0.3 is 1.43 Å². The molecule has 0 aromatic heterocycles. The van der Waals surface area contributed by atoms with Crippen molar-refractivity contribution in [2.45, 2.75) is 19.6 Å². The molecule has 0 aliphatic rings. The van der Waals surface area contributed by atoms with Crippen LogP contribution in [0.2, 0.25) is 19.6 Å². The zero-order chi connectivity index (χ0) is 5.91. The molecule has 0 saturated heterocycles. The van der Waals surface area contributed by atoms with Crippen LogP contribution in [0, 0.1) is 0 Å². The minimum Gasteiger partial charge on any atom is -1.00 e. The van der Waals surface area contributed by atoms with E-state index >= 15 is 0 Å². The van der Waals surface area contributed by atoms with Crippen molar-refractivity contribution >= 4 is 8.24 Å². The van der Waals surface area contributed by atoms with Crippen LogP contribution < -0.4 is 18.9 Å². The molecule has 0 fully saturated rings. The van der Waals surface area contributed by atoms with Crippen LogP contribution in [0.5, 0.6) is 0 Å². The molecule has 42 valence electrons. The van der Waals surface area contributed by atoms with E-state index in [-0.39, 0.29) is 20.3 Å². The summed E-state index contributed by atoms with van der Waals surface area (Å²) in [5, 5.41) is 0. The second kappa shape index (κ2) is 4.05. The average molecular weight is 123 g/mol. The Bertz CT molecular complexity index is 106. The molecule has 0 rings (SSSR count). The Hall–Kier alpha value is 0.124. The van der Waals surface area contributed by atoms with Gasteiger partial charge in [0.1, 0.15) is 8.24 Å². The van der Waals surface area contributed by atoms with E-state index in [0.29, 0.717) is 0 Å². The fourth-order valence-electron chi connectivity index (χ4n) is 0.134. The standard InChI is InChI=1S/C3H9N3Si.Li.H/c1-7(2,3)6-5-4;;/h1-3H3;;/q;+1;-1. The van der Waals surface area contributed by atoms with Gasteiger partial charge in [0.15, 0.2) is 0 Å². The Morgan fingerprint density at radius 3 is 1.88 bits per heavy atom. The monoisotopic (exact) mass is 123 g/mol. The second-order valence-corrected chi connectivity index (χ2v) is 6.90. The van der Waals surface area contributed by atoms with Crippen LogP contribution in [0.1, 0.15) is 1.43 Å². The van der Waals surface area contributed by atoms with E-state index in [0.717, 1.165) is 0 Å². The SMILES string of the molecule is C[Si](C)(C)N=[N+]=[N-].[H-].[Li+]. The summed E-state index contributed by atoms with van der Waals surface area (Å²) in [5.41, 5.74) is 7.89. The van der Waals surface area contributed by atoms with E-state index in [1.807, 2.05) is 19.6 Å². The van der Waals surface area contributed by atoms with Crippen LogP contribution >= 0.6 is 0 Å². The molecule has 5 heteroatoms. The van der Waals surface area contributed by atoms with Crippen LogP contribution in [0.15, 0.2) is 4.78 Å². The van der Waals surface area contributed by atoms with Gasteiger partial charge in [0.2, 0.25) is 0 Å². The van der Waals surface area contributed by atoms with E-state index in [1.165, 1.54) is 0 Å². The minimum atomic E-state index is -1.45. The molecule has 8 heavy (non-hydrogen) atoms. The third-order valence-corrected chi connectivity index (χ3v) is 1.03. The molecule has 0 saturated carbocycles. The van der Waals surface area contributed by atoms with Crippen molar-refractivity contribution in [3.05, 3.63) is 10.4 Å². The number of hydrogen-bond acceptors (Lipinski definition) is 1. The van der Waals surface area contributed by atoms with Gasteiger partial charge in [-0.15, -0.1) is 4.78 Å². The van der Waals surface area contributed by atoms with Gasteiger partial charge in [0, 0.05) is 0 Å². The molecule has 0 spiro atoms. The van der Waals surface area contributed by atoms with Crippen LogP contribution in [-0.2, 0) is 0 Å². The first-order valence-corrected chi connectivity index (χ1v) is 5.57. The predicted octanol–water partition coefficient (Wildman–Crippen LogP) is -0.752. The van der Waals surface area contributed by atoms with Gasteiger partial charge in [-0.3, -0.25) is 0 Å². The Labute approximate surface area is 63.8 Å². The van der Waals surface area contributed by atoms with Gasteiger partial charge >= 0.3 is 18.9 Å². The Morgan fingerprint density at radius 1 is 1.50 bits per heavy atom. The quantitative estimate of drug-likeness (QED) is 0.191. The number of azide groups is 1. The summed E-state index contributed by atoms with van der Waals surface area (Å²) in [7, 11) is -1.45. The zero-order valence-electron chi connectivity index (χ0n) is 6.84. The molecule has 0 aliphatic heterocycles. The largest absolute Gasteiger partial charge is 1.00 e. The van der Waals surface area contributed by atoms with Crippen LogP contribution in [0.4, 0.5) is 0 Å². The average Bonchev–Trinajstić information content (AvgIpc) is 1.30. The molecule has 0 aromatic rings. The van der Waals surface area contributed by atoms with E-state index in [2.05, 4.69) is 9.69 Å². The Morgan fingerprint density at radius 2 is 1.88 bits per heavy atom. The molecule has 0 bridgehead atoms. The topological polar surface area (TPSA) is 48.8 Å². The molecule has 0 radical (unpaired) electrons. The summed E-state index contributed by atoms with van der Waals surface area (Å²) in [6.45, 7) is 5.98. The summed E-state index contributed by atoms with van der Waals surface area (Å²) in [4.78, 5) is 2.69. The fraction of sp³-hybridized carbons (Fsp3) is 1.00. The molecule has 0 heterocycles. The normalized spacial score (nSPS) is 8.88. The van der Waals surface area contributed by atoms with E-state index in [4.69, 9.17) is 5.53 Å². The summed E-state index contributed by atoms with van der Waals surface area (Å²) in [6.07, 6.45) is 0. The first-order chi connectivity index (χ1) is 3.06. The molecule has 0 aliphatic carbocycles. The van der Waals surface area contributed by atoms with Gasteiger partial charge in [-0.05, 0) is 10.4 Å². The van der Waals surface area contributed by atoms with Crippen molar-refractivity contribution in [3.63, 3.8) is 0 Å². The maximum absolute atomic E-state index is 7.89. The maximum atomic E-state index is 7.89. The molecule has 0 atom stereocenters. The van der Waals surface area contributed by atoms with Crippen LogP contribution in [0.3, 0.4) is 0 Å². The van der Waals surface area contributed by atoms with Crippen molar-refractivity contribution in [1.82, 2.24) is 0 Å². The third-order valence-electron chi connectivity index (χ3n) is 0.345. The summed E-state index contributed by atoms with van der Waals surface area (Å²) in [5.74, 6) is 0. The Balaban J connectivity index is -0.000000180. The van der Waals surface area contributed by atoms with Crippen LogP contribution in [0.25, 0.3) is 10.4 Å². The summed E-state index contributed by atoms with van der Waals surface area (Å²) in [6, 6.07) is 0. The second-order valence-electron chi connectivity index (χ2n) is 2.36. The zero-order valence-corrected chi connectivity index (χ0v) is 6.84. The molecule has 3 nitrogen and oxygen atoms in total. The summed E-state index contributed by atoms with van der Waals surface area (Å²) >= 11 is 0. The van der Waals surface area contributed by atoms with E-state index < -0.39 is 8.24 Å². The predicted molar refractivity (Wildman–Crippen MR) is 33.6 cm³/mol. The molecular weight excluding hydrogens is 113 g/mol. The number of rotatable bonds is 1. The molecule has 0 N–H and O–H groups in total. The molecule has 0 unspecified atom stereocenters. The third kappa shape index (κ3) is 9.45. The van der Waals surface area contributed by atoms with Gasteiger partial charge in [-0.25, -0.2) is 0 Å². The first kappa shape index (κ1) is 11.0. The van der Waals surface area contributed by atoms with Crippen molar-refractivity contribution < 1.29 is 20.3 Å². The minimum absolute atomic E-state index is 0. The maximum Gasteiger partial charge on any atom is 1.00 e. The van der Waals surface area contributed by atoms with Crippen molar-refractivity contribution in [3.8, 4) is 0 Å². The first-order valence-electron chi connectivity index (χ1n) is 2.12. The van der Waals surface area contributed by atoms with E-state index in [9.17, 15) is 0 Å². The van der Waals surface area contributed by atoms with E-state index in [1.54, 1.807) is 0 Å². The fourth-order valence-corrected chi connectivity index (χ4v) is 0.402.